The highest BCUT2D eigenvalue weighted by molar-refractivity contribution is 6.31. The average Bonchev–Trinajstić information content (AvgIpc) is 2.44. The molecule has 1 heterocycles. The summed E-state index contributed by atoms with van der Waals surface area (Å²) >= 11 is 6.30. The summed E-state index contributed by atoms with van der Waals surface area (Å²) in [5.74, 6) is 0.584. The molecule has 1 aliphatic carbocycles. The van der Waals surface area contributed by atoms with Gasteiger partial charge in [0.25, 0.3) is 0 Å². The number of rotatable bonds is 6. The van der Waals surface area contributed by atoms with Gasteiger partial charge in [-0.3, -0.25) is 0 Å². The summed E-state index contributed by atoms with van der Waals surface area (Å²) in [4.78, 5) is 4.39. The van der Waals surface area contributed by atoms with Crippen molar-refractivity contribution < 1.29 is 4.74 Å². The topological polar surface area (TPSA) is 34.2 Å². The first kappa shape index (κ1) is 16.6. The van der Waals surface area contributed by atoms with Gasteiger partial charge in [0.1, 0.15) is 11.1 Å². The molecule has 0 aromatic carbocycles. The molecule has 0 amide bonds. The molecule has 1 saturated carbocycles. The predicted octanol–water partition coefficient (Wildman–Crippen LogP) is 4.58. The highest BCUT2D eigenvalue weighted by atomic mass is 35.5. The second kappa shape index (κ2) is 7.46. The van der Waals surface area contributed by atoms with Crippen molar-refractivity contribution in [2.75, 3.05) is 6.54 Å². The number of hydrogen-bond donors (Lipinski definition) is 1. The summed E-state index contributed by atoms with van der Waals surface area (Å²) < 4.78 is 6.00. The van der Waals surface area contributed by atoms with Gasteiger partial charge in [-0.05, 0) is 55.7 Å². The molecule has 0 unspecified atom stereocenters. The van der Waals surface area contributed by atoms with Crippen LogP contribution in [0.4, 0.5) is 0 Å². The number of aromatic nitrogens is 1. The Morgan fingerprint density at radius 2 is 2.10 bits per heavy atom. The Bertz CT molecular complexity index is 452. The predicted molar refractivity (Wildman–Crippen MR) is 87.9 cm³/mol. The summed E-state index contributed by atoms with van der Waals surface area (Å²) in [6.45, 7) is 8.62. The second-order valence-electron chi connectivity index (χ2n) is 6.79. The third-order valence-electron chi connectivity index (χ3n) is 4.18. The normalized spacial score (nSPS) is 18.7. The zero-order chi connectivity index (χ0) is 15.3. The molecule has 1 aromatic heterocycles. The van der Waals surface area contributed by atoms with Crippen LogP contribution in [0.1, 0.15) is 58.4 Å². The maximum Gasteiger partial charge on any atom is 0.232 e. The van der Waals surface area contributed by atoms with Crippen LogP contribution in [0.15, 0.2) is 12.3 Å². The van der Waals surface area contributed by atoms with E-state index in [2.05, 4.69) is 31.1 Å². The summed E-state index contributed by atoms with van der Waals surface area (Å²) in [6.07, 6.45) is 7.82. The van der Waals surface area contributed by atoms with E-state index < -0.39 is 0 Å². The number of pyridine rings is 1. The van der Waals surface area contributed by atoms with Crippen LogP contribution in [0.25, 0.3) is 0 Å². The van der Waals surface area contributed by atoms with Crippen molar-refractivity contribution in [1.82, 2.24) is 10.3 Å². The van der Waals surface area contributed by atoms with Gasteiger partial charge in [-0.15, -0.1) is 0 Å². The molecule has 1 fully saturated rings. The van der Waals surface area contributed by atoms with Crippen LogP contribution in [0.2, 0.25) is 5.02 Å². The van der Waals surface area contributed by atoms with Gasteiger partial charge in [-0.1, -0.05) is 32.4 Å². The van der Waals surface area contributed by atoms with E-state index in [1.165, 1.54) is 12.8 Å². The van der Waals surface area contributed by atoms with Gasteiger partial charge >= 0.3 is 0 Å². The van der Waals surface area contributed by atoms with Crippen molar-refractivity contribution in [1.29, 1.82) is 0 Å². The molecule has 1 N–H and O–H groups in total. The largest absolute Gasteiger partial charge is 0.473 e. The van der Waals surface area contributed by atoms with E-state index in [0.717, 1.165) is 37.9 Å². The molecule has 3 nitrogen and oxygen atoms in total. The van der Waals surface area contributed by atoms with Crippen LogP contribution in [-0.4, -0.2) is 17.6 Å². The highest BCUT2D eigenvalue weighted by Gasteiger charge is 2.28. The summed E-state index contributed by atoms with van der Waals surface area (Å²) in [7, 11) is 0. The zero-order valence-electron chi connectivity index (χ0n) is 13.4. The minimum Gasteiger partial charge on any atom is -0.473 e. The molecule has 2 rings (SSSR count). The molecular weight excluding hydrogens is 284 g/mol. The van der Waals surface area contributed by atoms with Crippen LogP contribution < -0.4 is 10.1 Å². The third-order valence-corrected chi connectivity index (χ3v) is 4.46. The molecule has 0 spiro atoms. The monoisotopic (exact) mass is 310 g/mol. The Balaban J connectivity index is 1.89. The van der Waals surface area contributed by atoms with Crippen LogP contribution in [0.3, 0.4) is 0 Å². The van der Waals surface area contributed by atoms with Crippen LogP contribution >= 0.6 is 11.6 Å². The van der Waals surface area contributed by atoms with Crippen molar-refractivity contribution in [3.63, 3.8) is 0 Å². The lowest BCUT2D eigenvalue weighted by Gasteiger charge is -2.34. The molecule has 0 aliphatic heterocycles. The molecule has 21 heavy (non-hydrogen) atoms. The maximum absolute atomic E-state index is 6.30. The van der Waals surface area contributed by atoms with Gasteiger partial charge in [-0.25, -0.2) is 4.98 Å². The maximum atomic E-state index is 6.30. The fourth-order valence-corrected chi connectivity index (χ4v) is 2.94. The number of nitrogens with zero attached hydrogens (tertiary/aromatic N) is 1. The quantitative estimate of drug-likeness (QED) is 0.781. The van der Waals surface area contributed by atoms with Gasteiger partial charge in [0.2, 0.25) is 5.88 Å². The van der Waals surface area contributed by atoms with Crippen LogP contribution in [0, 0.1) is 5.41 Å². The molecule has 1 aromatic rings. The summed E-state index contributed by atoms with van der Waals surface area (Å²) in [5, 5.41) is 3.97. The van der Waals surface area contributed by atoms with E-state index in [9.17, 15) is 0 Å². The van der Waals surface area contributed by atoms with Crippen LogP contribution in [-0.2, 0) is 6.54 Å². The average molecular weight is 311 g/mol. The van der Waals surface area contributed by atoms with Crippen molar-refractivity contribution >= 4 is 11.6 Å². The van der Waals surface area contributed by atoms with Crippen molar-refractivity contribution in [3.8, 4) is 5.88 Å². The first-order chi connectivity index (χ1) is 10.00. The Morgan fingerprint density at radius 3 is 2.71 bits per heavy atom. The lowest BCUT2D eigenvalue weighted by Crippen LogP contribution is -2.28. The first-order valence-corrected chi connectivity index (χ1v) is 8.40. The number of halogens is 1. The van der Waals surface area contributed by atoms with Gasteiger partial charge in [0.05, 0.1) is 0 Å². The van der Waals surface area contributed by atoms with Gasteiger partial charge in [0, 0.05) is 12.7 Å². The van der Waals surface area contributed by atoms with E-state index in [1.54, 1.807) is 0 Å². The van der Waals surface area contributed by atoms with E-state index >= 15 is 0 Å². The molecule has 0 saturated heterocycles. The molecule has 1 aliphatic rings. The summed E-state index contributed by atoms with van der Waals surface area (Å²) in [6, 6.07) is 1.96. The van der Waals surface area contributed by atoms with Gasteiger partial charge in [-0.2, -0.15) is 0 Å². The van der Waals surface area contributed by atoms with E-state index in [-0.39, 0.29) is 6.10 Å². The van der Waals surface area contributed by atoms with E-state index in [1.807, 2.05) is 12.3 Å². The van der Waals surface area contributed by atoms with Crippen LogP contribution in [0.5, 0.6) is 5.88 Å². The smallest absolute Gasteiger partial charge is 0.232 e. The molecule has 4 heteroatoms. The second-order valence-corrected chi connectivity index (χ2v) is 7.20. The highest BCUT2D eigenvalue weighted by Crippen LogP contribution is 2.37. The lowest BCUT2D eigenvalue weighted by molar-refractivity contribution is 0.0949. The standard InChI is InChI=1S/C17H27ClN2O/c1-4-9-19-11-13-10-15(18)16(20-12-13)21-14-5-7-17(2,3)8-6-14/h10,12,14,19H,4-9,11H2,1-3H3. The molecule has 0 radical (unpaired) electrons. The Labute approximate surface area is 133 Å². The fourth-order valence-electron chi connectivity index (χ4n) is 2.71. The zero-order valence-corrected chi connectivity index (χ0v) is 14.2. The van der Waals surface area contributed by atoms with E-state index in [0.29, 0.717) is 16.3 Å². The van der Waals surface area contributed by atoms with Gasteiger partial charge in [0.15, 0.2) is 0 Å². The molecule has 118 valence electrons. The Hall–Kier alpha value is -0.800. The number of hydrogen-bond acceptors (Lipinski definition) is 3. The van der Waals surface area contributed by atoms with Crippen molar-refractivity contribution in [2.24, 2.45) is 5.41 Å². The fraction of sp³-hybridized carbons (Fsp3) is 0.706. The third kappa shape index (κ3) is 5.15. The van der Waals surface area contributed by atoms with Crippen molar-refractivity contribution in [3.05, 3.63) is 22.8 Å². The summed E-state index contributed by atoms with van der Waals surface area (Å²) in [5.41, 5.74) is 1.55. The molecular formula is C17H27ClN2O. The van der Waals surface area contributed by atoms with Crippen molar-refractivity contribution in [2.45, 2.75) is 65.5 Å². The Morgan fingerprint density at radius 1 is 1.38 bits per heavy atom. The van der Waals surface area contributed by atoms with E-state index in [4.69, 9.17) is 16.3 Å². The molecule has 0 bridgehead atoms. The lowest BCUT2D eigenvalue weighted by atomic mass is 9.76. The number of ether oxygens (including phenoxy) is 1. The Kier molecular flexibility index (Phi) is 5.88. The SMILES string of the molecule is CCCNCc1cnc(OC2CCC(C)(C)CC2)c(Cl)c1. The minimum absolute atomic E-state index is 0.257. The molecule has 0 atom stereocenters. The minimum atomic E-state index is 0.257. The van der Waals surface area contributed by atoms with Gasteiger partial charge < -0.3 is 10.1 Å². The first-order valence-electron chi connectivity index (χ1n) is 8.02. The number of nitrogens with one attached hydrogen (secondary N) is 1.